The molecule has 3 heterocycles. The van der Waals surface area contributed by atoms with Gasteiger partial charge < -0.3 is 19.9 Å². The Morgan fingerprint density at radius 2 is 1.74 bits per heavy atom. The number of hydrogen-bond donors (Lipinski definition) is 1. The van der Waals surface area contributed by atoms with Crippen LogP contribution in [0.15, 0.2) is 36.4 Å². The number of rotatable bonds is 6. The van der Waals surface area contributed by atoms with Crippen molar-refractivity contribution in [1.82, 2.24) is 15.1 Å². The first-order valence-corrected chi connectivity index (χ1v) is 11.8. The zero-order valence-electron chi connectivity index (χ0n) is 18.4. The third-order valence-corrected chi connectivity index (χ3v) is 6.87. The summed E-state index contributed by atoms with van der Waals surface area (Å²) >= 11 is 0. The molecule has 0 radical (unpaired) electrons. The zero-order valence-corrected chi connectivity index (χ0v) is 18.4. The molecule has 168 valence electrons. The summed E-state index contributed by atoms with van der Waals surface area (Å²) in [4.78, 5) is 29.6. The van der Waals surface area contributed by atoms with Crippen LogP contribution in [-0.4, -0.2) is 73.6 Å². The van der Waals surface area contributed by atoms with E-state index in [-0.39, 0.29) is 23.8 Å². The number of likely N-dealkylation sites (tertiary alicyclic amines) is 2. The molecule has 0 aliphatic carbocycles. The van der Waals surface area contributed by atoms with Crippen LogP contribution in [0, 0.1) is 11.8 Å². The number of carbonyl (C=O) groups is 2. The van der Waals surface area contributed by atoms with Gasteiger partial charge in [0.1, 0.15) is 0 Å². The third-order valence-electron chi connectivity index (χ3n) is 6.87. The van der Waals surface area contributed by atoms with Gasteiger partial charge >= 0.3 is 0 Å². The van der Waals surface area contributed by atoms with E-state index >= 15 is 0 Å². The molecule has 1 N–H and O–H groups in total. The Kier molecular flexibility index (Phi) is 7.76. The summed E-state index contributed by atoms with van der Waals surface area (Å²) < 4.78 is 5.48. The van der Waals surface area contributed by atoms with Gasteiger partial charge in [-0.3, -0.25) is 9.59 Å². The predicted molar refractivity (Wildman–Crippen MR) is 121 cm³/mol. The molecule has 3 saturated heterocycles. The van der Waals surface area contributed by atoms with E-state index in [0.29, 0.717) is 19.0 Å². The molecule has 3 aliphatic heterocycles. The van der Waals surface area contributed by atoms with E-state index in [4.69, 9.17) is 4.74 Å². The Labute approximate surface area is 185 Å². The van der Waals surface area contributed by atoms with E-state index in [1.807, 2.05) is 41.3 Å². The van der Waals surface area contributed by atoms with Gasteiger partial charge in [0.15, 0.2) is 0 Å². The number of hydrogen-bond acceptors (Lipinski definition) is 4. The lowest BCUT2D eigenvalue weighted by Gasteiger charge is -2.35. The molecule has 1 unspecified atom stereocenters. The monoisotopic (exact) mass is 425 g/mol. The summed E-state index contributed by atoms with van der Waals surface area (Å²) in [5, 5.41) is 3.29. The van der Waals surface area contributed by atoms with Gasteiger partial charge in [-0.2, -0.15) is 0 Å². The third kappa shape index (κ3) is 6.40. The first-order chi connectivity index (χ1) is 15.2. The highest BCUT2D eigenvalue weighted by Crippen LogP contribution is 2.21. The van der Waals surface area contributed by atoms with Gasteiger partial charge in [0.05, 0.1) is 6.61 Å². The number of benzene rings is 1. The maximum Gasteiger partial charge on any atom is 0.246 e. The van der Waals surface area contributed by atoms with Crippen LogP contribution in [0.25, 0.3) is 6.08 Å². The minimum absolute atomic E-state index is 0.0239. The average Bonchev–Trinajstić information content (AvgIpc) is 3.32. The Morgan fingerprint density at radius 3 is 2.42 bits per heavy atom. The second kappa shape index (κ2) is 10.9. The first-order valence-electron chi connectivity index (χ1n) is 11.8. The molecule has 4 rings (SSSR count). The minimum Gasteiger partial charge on any atom is -0.381 e. The molecule has 2 amide bonds. The van der Waals surface area contributed by atoms with Crippen molar-refractivity contribution in [2.24, 2.45) is 11.8 Å². The molecular formula is C25H35N3O3. The van der Waals surface area contributed by atoms with Gasteiger partial charge in [-0.25, -0.2) is 0 Å². The maximum atomic E-state index is 12.8. The molecule has 0 saturated carbocycles. The Hall–Kier alpha value is -2.18. The van der Waals surface area contributed by atoms with Crippen molar-refractivity contribution in [3.8, 4) is 0 Å². The van der Waals surface area contributed by atoms with Crippen molar-refractivity contribution in [3.05, 3.63) is 42.0 Å². The van der Waals surface area contributed by atoms with Crippen molar-refractivity contribution in [2.75, 3.05) is 45.9 Å². The maximum absolute atomic E-state index is 12.8. The molecule has 0 aromatic heterocycles. The Bertz CT molecular complexity index is 745. The molecule has 3 fully saturated rings. The summed E-state index contributed by atoms with van der Waals surface area (Å²) in [7, 11) is 0. The highest BCUT2D eigenvalue weighted by Gasteiger charge is 2.29. The molecule has 6 nitrogen and oxygen atoms in total. The highest BCUT2D eigenvalue weighted by atomic mass is 16.5. The molecule has 3 aliphatic rings. The van der Waals surface area contributed by atoms with Crippen LogP contribution in [0.3, 0.4) is 0 Å². The molecule has 1 aromatic carbocycles. The smallest absolute Gasteiger partial charge is 0.246 e. The summed E-state index contributed by atoms with van der Waals surface area (Å²) in [6.45, 7) is 6.36. The van der Waals surface area contributed by atoms with Crippen molar-refractivity contribution in [1.29, 1.82) is 0 Å². The normalized spacial score (nSPS) is 24.0. The van der Waals surface area contributed by atoms with E-state index in [2.05, 4.69) is 10.2 Å². The fourth-order valence-electron chi connectivity index (χ4n) is 4.87. The lowest BCUT2D eigenvalue weighted by molar-refractivity contribution is -0.132. The number of nitrogens with zero attached hydrogens (tertiary/aromatic N) is 2. The first kappa shape index (κ1) is 22.0. The molecular weight excluding hydrogens is 390 g/mol. The Morgan fingerprint density at radius 1 is 1.00 bits per heavy atom. The van der Waals surface area contributed by atoms with Gasteiger partial charge in [-0.15, -0.1) is 0 Å². The molecule has 1 aromatic rings. The Balaban J connectivity index is 1.15. The standard InChI is InChI=1S/C25H35N3O3/c29-24(7-6-20-4-2-1-3-5-20)28-15-8-22(9-16-28)25(30)26-23-10-13-27(14-11-23)18-21-12-17-31-19-21/h1-7,21-23H,8-19H2,(H,26,30)/b7-6+. The van der Waals surface area contributed by atoms with Gasteiger partial charge in [0.25, 0.3) is 0 Å². The SMILES string of the molecule is O=C(NC1CCN(CC2CCOC2)CC1)C1CCN(C(=O)/C=C/c2ccccc2)CC1. The van der Waals surface area contributed by atoms with Crippen LogP contribution in [0.5, 0.6) is 0 Å². The lowest BCUT2D eigenvalue weighted by Crippen LogP contribution is -2.49. The van der Waals surface area contributed by atoms with Gasteiger partial charge in [0.2, 0.25) is 11.8 Å². The summed E-state index contributed by atoms with van der Waals surface area (Å²) in [5.41, 5.74) is 1.02. The van der Waals surface area contributed by atoms with Crippen molar-refractivity contribution >= 4 is 17.9 Å². The second-order valence-corrected chi connectivity index (χ2v) is 9.16. The van der Waals surface area contributed by atoms with Crippen molar-refractivity contribution < 1.29 is 14.3 Å². The number of nitrogens with one attached hydrogen (secondary N) is 1. The van der Waals surface area contributed by atoms with Crippen LogP contribution in [0.2, 0.25) is 0 Å². The van der Waals surface area contributed by atoms with Gasteiger partial charge in [-0.05, 0) is 49.7 Å². The summed E-state index contributed by atoms with van der Waals surface area (Å²) in [6, 6.07) is 10.1. The largest absolute Gasteiger partial charge is 0.381 e. The van der Waals surface area contributed by atoms with Crippen molar-refractivity contribution in [2.45, 2.75) is 38.1 Å². The average molecular weight is 426 g/mol. The second-order valence-electron chi connectivity index (χ2n) is 9.16. The van der Waals surface area contributed by atoms with Crippen LogP contribution in [0.4, 0.5) is 0 Å². The molecule has 6 heteroatoms. The zero-order chi connectivity index (χ0) is 21.5. The fraction of sp³-hybridized carbons (Fsp3) is 0.600. The minimum atomic E-state index is 0.0239. The number of piperidine rings is 2. The highest BCUT2D eigenvalue weighted by molar-refractivity contribution is 5.92. The van der Waals surface area contributed by atoms with E-state index in [9.17, 15) is 9.59 Å². The van der Waals surface area contributed by atoms with Crippen LogP contribution >= 0.6 is 0 Å². The predicted octanol–water partition coefficient (Wildman–Crippen LogP) is 2.56. The fourth-order valence-corrected chi connectivity index (χ4v) is 4.87. The van der Waals surface area contributed by atoms with E-state index in [0.717, 1.165) is 64.1 Å². The van der Waals surface area contributed by atoms with E-state index < -0.39 is 0 Å². The number of amides is 2. The number of carbonyl (C=O) groups excluding carboxylic acids is 2. The van der Waals surface area contributed by atoms with E-state index in [1.165, 1.54) is 6.42 Å². The van der Waals surface area contributed by atoms with Crippen molar-refractivity contribution in [3.63, 3.8) is 0 Å². The van der Waals surface area contributed by atoms with Crippen LogP contribution in [-0.2, 0) is 14.3 Å². The van der Waals surface area contributed by atoms with Crippen LogP contribution < -0.4 is 5.32 Å². The van der Waals surface area contributed by atoms with Gasteiger partial charge in [-0.1, -0.05) is 30.3 Å². The molecule has 1 atom stereocenters. The topological polar surface area (TPSA) is 61.9 Å². The molecule has 0 spiro atoms. The lowest BCUT2D eigenvalue weighted by atomic mass is 9.94. The quantitative estimate of drug-likeness (QED) is 0.712. The van der Waals surface area contributed by atoms with Crippen LogP contribution in [0.1, 0.15) is 37.7 Å². The van der Waals surface area contributed by atoms with E-state index in [1.54, 1.807) is 6.08 Å². The molecule has 31 heavy (non-hydrogen) atoms. The summed E-state index contributed by atoms with van der Waals surface area (Å²) in [5.74, 6) is 0.912. The molecule has 0 bridgehead atoms. The number of ether oxygens (including phenoxy) is 1. The van der Waals surface area contributed by atoms with Gasteiger partial charge in [0, 0.05) is 57.4 Å². The summed E-state index contributed by atoms with van der Waals surface area (Å²) in [6.07, 6.45) is 8.23.